The van der Waals surface area contributed by atoms with Crippen molar-refractivity contribution in [3.8, 4) is 5.75 Å². The van der Waals surface area contributed by atoms with Crippen LogP contribution in [0.15, 0.2) is 54.6 Å². The number of benzene rings is 2. The Hall–Kier alpha value is -3.12. The molecule has 0 fully saturated rings. The average molecular weight is 383 g/mol. The lowest BCUT2D eigenvalue weighted by molar-refractivity contribution is 0.0944. The Morgan fingerprint density at radius 2 is 1.93 bits per heavy atom. The van der Waals surface area contributed by atoms with Crippen molar-refractivity contribution in [2.24, 2.45) is 0 Å². The molecular formula is C20H19ClN4O2. The van der Waals surface area contributed by atoms with E-state index in [1.54, 1.807) is 25.3 Å². The predicted molar refractivity (Wildman–Crippen MR) is 106 cm³/mol. The first-order valence-electron chi connectivity index (χ1n) is 8.34. The average Bonchev–Trinajstić information content (AvgIpc) is 2.69. The molecule has 0 saturated heterocycles. The lowest BCUT2D eigenvalue weighted by Crippen LogP contribution is -2.24. The molecule has 138 valence electrons. The van der Waals surface area contributed by atoms with Gasteiger partial charge >= 0.3 is 0 Å². The molecule has 0 radical (unpaired) electrons. The molecule has 0 saturated carbocycles. The molecule has 0 aliphatic rings. The number of aryl methyl sites for hydroxylation is 1. The van der Waals surface area contributed by atoms with E-state index >= 15 is 0 Å². The second-order valence-corrected chi connectivity index (χ2v) is 6.32. The van der Waals surface area contributed by atoms with E-state index < -0.39 is 0 Å². The number of carbonyl (C=O) groups is 1. The third kappa shape index (κ3) is 4.74. The van der Waals surface area contributed by atoms with Crippen LogP contribution in [0.2, 0.25) is 5.02 Å². The Morgan fingerprint density at radius 1 is 1.11 bits per heavy atom. The number of para-hydroxylation sites is 1. The lowest BCUT2D eigenvalue weighted by atomic mass is 10.2. The minimum Gasteiger partial charge on any atom is -0.496 e. The Bertz CT molecular complexity index is 945. The van der Waals surface area contributed by atoms with Crippen molar-refractivity contribution in [3.05, 3.63) is 76.4 Å². The molecule has 27 heavy (non-hydrogen) atoms. The van der Waals surface area contributed by atoms with Crippen molar-refractivity contribution < 1.29 is 9.53 Å². The smallest absolute Gasteiger partial charge is 0.272 e. The minimum atomic E-state index is -0.303. The summed E-state index contributed by atoms with van der Waals surface area (Å²) in [6.07, 6.45) is 0. The Balaban J connectivity index is 1.63. The molecule has 1 aromatic heterocycles. The van der Waals surface area contributed by atoms with Crippen LogP contribution in [0, 0.1) is 6.92 Å². The van der Waals surface area contributed by atoms with Crippen LogP contribution in [0.25, 0.3) is 0 Å². The normalized spacial score (nSPS) is 10.3. The molecule has 3 aromatic rings. The van der Waals surface area contributed by atoms with E-state index in [0.717, 1.165) is 22.6 Å². The Morgan fingerprint density at radius 3 is 2.63 bits per heavy atom. The number of amides is 1. The second kappa shape index (κ2) is 8.51. The number of aromatic nitrogens is 2. The van der Waals surface area contributed by atoms with Crippen LogP contribution < -0.4 is 15.4 Å². The number of nitrogens with one attached hydrogen (secondary N) is 2. The van der Waals surface area contributed by atoms with Crippen LogP contribution in [0.4, 0.5) is 11.5 Å². The lowest BCUT2D eigenvalue weighted by Gasteiger charge is -2.10. The van der Waals surface area contributed by atoms with E-state index in [4.69, 9.17) is 16.3 Å². The van der Waals surface area contributed by atoms with Crippen LogP contribution in [-0.2, 0) is 6.54 Å². The van der Waals surface area contributed by atoms with Crippen LogP contribution in [-0.4, -0.2) is 23.2 Å². The second-order valence-electron chi connectivity index (χ2n) is 5.88. The molecule has 0 spiro atoms. The molecule has 0 aliphatic carbocycles. The summed E-state index contributed by atoms with van der Waals surface area (Å²) in [6.45, 7) is 2.29. The SMILES string of the molecule is COc1ccccc1CNC(=O)c1ccc(Nc2ccc(Cl)cc2C)nn1. The summed E-state index contributed by atoms with van der Waals surface area (Å²) < 4.78 is 5.28. The fraction of sp³-hybridized carbons (Fsp3) is 0.150. The highest BCUT2D eigenvalue weighted by atomic mass is 35.5. The number of methoxy groups -OCH3 is 1. The van der Waals surface area contributed by atoms with Crippen molar-refractivity contribution in [1.29, 1.82) is 0 Å². The standard InChI is InChI=1S/C20H19ClN4O2/c1-13-11-15(21)7-8-16(13)23-19-10-9-17(24-25-19)20(26)22-12-14-5-3-4-6-18(14)27-2/h3-11H,12H2,1-2H3,(H,22,26)(H,23,25). The molecule has 0 aliphatic heterocycles. The topological polar surface area (TPSA) is 76.1 Å². The molecule has 2 N–H and O–H groups in total. The molecule has 1 heterocycles. The molecular weight excluding hydrogens is 364 g/mol. The van der Waals surface area contributed by atoms with E-state index in [2.05, 4.69) is 20.8 Å². The van der Waals surface area contributed by atoms with Gasteiger partial charge in [-0.15, -0.1) is 10.2 Å². The number of nitrogens with zero attached hydrogens (tertiary/aromatic N) is 2. The molecule has 0 unspecified atom stereocenters. The van der Waals surface area contributed by atoms with E-state index in [9.17, 15) is 4.79 Å². The van der Waals surface area contributed by atoms with Crippen molar-refractivity contribution in [1.82, 2.24) is 15.5 Å². The zero-order valence-electron chi connectivity index (χ0n) is 15.0. The maximum absolute atomic E-state index is 12.3. The summed E-state index contributed by atoms with van der Waals surface area (Å²) in [5.41, 5.74) is 2.99. The van der Waals surface area contributed by atoms with Crippen molar-refractivity contribution in [3.63, 3.8) is 0 Å². The first-order chi connectivity index (χ1) is 13.1. The predicted octanol–water partition coefficient (Wildman–Crippen LogP) is 4.12. The summed E-state index contributed by atoms with van der Waals surface area (Å²) in [5.74, 6) is 0.964. The molecule has 2 aromatic carbocycles. The van der Waals surface area contributed by atoms with Gasteiger partial charge in [0.15, 0.2) is 11.5 Å². The van der Waals surface area contributed by atoms with Gasteiger partial charge in [0.05, 0.1) is 7.11 Å². The molecule has 0 atom stereocenters. The summed E-state index contributed by atoms with van der Waals surface area (Å²) >= 11 is 5.96. The fourth-order valence-corrected chi connectivity index (χ4v) is 2.77. The summed E-state index contributed by atoms with van der Waals surface area (Å²) in [5, 5.41) is 14.7. The molecule has 3 rings (SSSR count). The summed E-state index contributed by atoms with van der Waals surface area (Å²) in [6, 6.07) is 16.4. The van der Waals surface area contributed by atoms with Gasteiger partial charge in [0.25, 0.3) is 5.91 Å². The Labute approximate surface area is 162 Å². The van der Waals surface area contributed by atoms with Crippen molar-refractivity contribution in [2.45, 2.75) is 13.5 Å². The number of hydrogen-bond donors (Lipinski definition) is 2. The summed E-state index contributed by atoms with van der Waals surface area (Å²) in [7, 11) is 1.60. The summed E-state index contributed by atoms with van der Waals surface area (Å²) in [4.78, 5) is 12.3. The van der Waals surface area contributed by atoms with E-state index in [-0.39, 0.29) is 11.6 Å². The van der Waals surface area contributed by atoms with Crippen molar-refractivity contribution in [2.75, 3.05) is 12.4 Å². The number of carbonyl (C=O) groups excluding carboxylic acids is 1. The Kier molecular flexibility index (Phi) is 5.88. The van der Waals surface area contributed by atoms with Crippen LogP contribution in [0.1, 0.15) is 21.6 Å². The fourth-order valence-electron chi connectivity index (χ4n) is 2.54. The van der Waals surface area contributed by atoms with Gasteiger partial charge < -0.3 is 15.4 Å². The van der Waals surface area contributed by atoms with Gasteiger partial charge in [0, 0.05) is 22.8 Å². The number of anilines is 2. The van der Waals surface area contributed by atoms with Gasteiger partial charge in [-0.2, -0.15) is 0 Å². The first kappa shape index (κ1) is 18.7. The number of halogens is 1. The minimum absolute atomic E-state index is 0.239. The van der Waals surface area contributed by atoms with Crippen LogP contribution in [0.5, 0.6) is 5.75 Å². The highest BCUT2D eigenvalue weighted by molar-refractivity contribution is 6.30. The van der Waals surface area contributed by atoms with Crippen LogP contribution in [0.3, 0.4) is 0 Å². The van der Waals surface area contributed by atoms with Gasteiger partial charge in [0.2, 0.25) is 0 Å². The van der Waals surface area contributed by atoms with Gasteiger partial charge in [0.1, 0.15) is 5.75 Å². The van der Waals surface area contributed by atoms with E-state index in [1.807, 2.05) is 43.3 Å². The number of hydrogen-bond acceptors (Lipinski definition) is 5. The first-order valence-corrected chi connectivity index (χ1v) is 8.71. The number of ether oxygens (including phenoxy) is 1. The third-order valence-corrected chi connectivity index (χ3v) is 4.22. The molecule has 0 bridgehead atoms. The maximum Gasteiger partial charge on any atom is 0.272 e. The van der Waals surface area contributed by atoms with E-state index in [0.29, 0.717) is 17.4 Å². The maximum atomic E-state index is 12.3. The van der Waals surface area contributed by atoms with Gasteiger partial charge in [-0.05, 0) is 48.9 Å². The number of rotatable bonds is 6. The van der Waals surface area contributed by atoms with Gasteiger partial charge in [-0.25, -0.2) is 0 Å². The zero-order valence-corrected chi connectivity index (χ0v) is 15.7. The van der Waals surface area contributed by atoms with E-state index in [1.165, 1.54) is 0 Å². The highest BCUT2D eigenvalue weighted by Gasteiger charge is 2.10. The van der Waals surface area contributed by atoms with Gasteiger partial charge in [-0.3, -0.25) is 4.79 Å². The largest absolute Gasteiger partial charge is 0.496 e. The van der Waals surface area contributed by atoms with Crippen molar-refractivity contribution >= 4 is 29.0 Å². The molecule has 7 heteroatoms. The third-order valence-electron chi connectivity index (χ3n) is 3.98. The zero-order chi connectivity index (χ0) is 19.2. The quantitative estimate of drug-likeness (QED) is 0.670. The highest BCUT2D eigenvalue weighted by Crippen LogP contribution is 2.22. The monoisotopic (exact) mass is 382 g/mol. The molecule has 1 amide bonds. The van der Waals surface area contributed by atoms with Gasteiger partial charge in [-0.1, -0.05) is 29.8 Å². The molecule has 6 nitrogen and oxygen atoms in total. The van der Waals surface area contributed by atoms with Crippen LogP contribution >= 0.6 is 11.6 Å².